The van der Waals surface area contributed by atoms with Crippen LogP contribution in [0.4, 0.5) is 0 Å². The molecule has 0 radical (unpaired) electrons. The van der Waals surface area contributed by atoms with Gasteiger partial charge in [0.05, 0.1) is 5.88 Å². The second kappa shape index (κ2) is 3.34. The van der Waals surface area contributed by atoms with Crippen LogP contribution in [0.5, 0.6) is 0 Å². The van der Waals surface area contributed by atoms with Crippen molar-refractivity contribution in [1.82, 2.24) is 0 Å². The molecule has 0 spiro atoms. The van der Waals surface area contributed by atoms with E-state index in [2.05, 4.69) is 0 Å². The molecular weight excluding hydrogens is 220 g/mol. The highest BCUT2D eigenvalue weighted by Gasteiger charge is 2.40. The van der Waals surface area contributed by atoms with E-state index < -0.39 is 5.60 Å². The van der Waals surface area contributed by atoms with Gasteiger partial charge in [-0.2, -0.15) is 0 Å². The lowest BCUT2D eigenvalue weighted by Gasteiger charge is -2.22. The molecule has 0 fully saturated rings. The monoisotopic (exact) mass is 230 g/mol. The number of rotatable bonds is 1. The summed E-state index contributed by atoms with van der Waals surface area (Å²) in [5.41, 5.74) is 2.95. The van der Waals surface area contributed by atoms with Crippen molar-refractivity contribution in [2.45, 2.75) is 5.60 Å². The minimum Gasteiger partial charge on any atom is -0.379 e. The van der Waals surface area contributed by atoms with Gasteiger partial charge in [0.15, 0.2) is 0 Å². The highest BCUT2D eigenvalue weighted by atomic mass is 35.5. The summed E-state index contributed by atoms with van der Waals surface area (Å²) >= 11 is 5.95. The molecule has 1 N–H and O–H groups in total. The van der Waals surface area contributed by atoms with Gasteiger partial charge in [0.25, 0.3) is 0 Å². The van der Waals surface area contributed by atoms with E-state index in [4.69, 9.17) is 11.6 Å². The van der Waals surface area contributed by atoms with Gasteiger partial charge < -0.3 is 5.11 Å². The molecule has 0 aliphatic heterocycles. The van der Waals surface area contributed by atoms with Crippen molar-refractivity contribution in [3.63, 3.8) is 0 Å². The highest BCUT2D eigenvalue weighted by molar-refractivity contribution is 6.19. The molecule has 0 saturated heterocycles. The molecule has 0 amide bonds. The van der Waals surface area contributed by atoms with Gasteiger partial charge in [-0.05, 0) is 22.3 Å². The summed E-state index contributed by atoms with van der Waals surface area (Å²) < 4.78 is 0. The van der Waals surface area contributed by atoms with Crippen LogP contribution >= 0.6 is 11.6 Å². The van der Waals surface area contributed by atoms with Crippen LogP contribution in [0.15, 0.2) is 48.5 Å². The molecule has 16 heavy (non-hydrogen) atoms. The number of fused-ring (bicyclic) bond motifs is 3. The summed E-state index contributed by atoms with van der Waals surface area (Å²) in [5.74, 6) is 0.182. The number of alkyl halides is 1. The van der Waals surface area contributed by atoms with Crippen LogP contribution in [-0.2, 0) is 5.60 Å². The Morgan fingerprint density at radius 1 is 0.875 bits per heavy atom. The Kier molecular flexibility index (Phi) is 2.06. The maximum Gasteiger partial charge on any atom is 0.129 e. The number of halogens is 1. The van der Waals surface area contributed by atoms with E-state index in [1.54, 1.807) is 0 Å². The van der Waals surface area contributed by atoms with Gasteiger partial charge in [0.1, 0.15) is 5.60 Å². The van der Waals surface area contributed by atoms with Crippen LogP contribution in [0.1, 0.15) is 11.1 Å². The lowest BCUT2D eigenvalue weighted by Crippen LogP contribution is -2.26. The van der Waals surface area contributed by atoms with Crippen LogP contribution in [0, 0.1) is 0 Å². The van der Waals surface area contributed by atoms with Crippen LogP contribution < -0.4 is 0 Å². The average molecular weight is 231 g/mol. The lowest BCUT2D eigenvalue weighted by molar-refractivity contribution is 0.111. The Morgan fingerprint density at radius 3 is 1.75 bits per heavy atom. The molecule has 2 aromatic carbocycles. The average Bonchev–Trinajstić information content (AvgIpc) is 2.62. The fraction of sp³-hybridized carbons (Fsp3) is 0.143. The zero-order valence-electron chi connectivity index (χ0n) is 8.65. The third-order valence-electron chi connectivity index (χ3n) is 3.23. The third-order valence-corrected chi connectivity index (χ3v) is 3.62. The van der Waals surface area contributed by atoms with Crippen LogP contribution in [0.2, 0.25) is 0 Å². The Bertz CT molecular complexity index is 502. The maximum atomic E-state index is 10.7. The molecule has 0 atom stereocenters. The number of aliphatic hydroxyl groups is 1. The van der Waals surface area contributed by atoms with E-state index in [0.717, 1.165) is 22.3 Å². The minimum atomic E-state index is -1.03. The largest absolute Gasteiger partial charge is 0.379 e. The Balaban J connectivity index is 2.39. The number of hydrogen-bond donors (Lipinski definition) is 1. The van der Waals surface area contributed by atoms with Crippen molar-refractivity contribution in [1.29, 1.82) is 0 Å². The molecule has 0 unspecified atom stereocenters. The first-order chi connectivity index (χ1) is 7.77. The first kappa shape index (κ1) is 9.88. The summed E-state index contributed by atoms with van der Waals surface area (Å²) in [6, 6.07) is 15.8. The third kappa shape index (κ3) is 1.10. The Labute approximate surface area is 99.3 Å². The summed E-state index contributed by atoms with van der Waals surface area (Å²) in [7, 11) is 0. The zero-order chi connectivity index (χ0) is 11.2. The van der Waals surface area contributed by atoms with Crippen molar-refractivity contribution < 1.29 is 5.11 Å². The van der Waals surface area contributed by atoms with E-state index in [1.165, 1.54) is 0 Å². The van der Waals surface area contributed by atoms with Crippen molar-refractivity contribution in [2.75, 3.05) is 5.88 Å². The SMILES string of the molecule is OC1(CCl)c2ccccc2-c2ccccc21. The first-order valence-electron chi connectivity index (χ1n) is 5.25. The second-order valence-corrected chi connectivity index (χ2v) is 4.35. The maximum absolute atomic E-state index is 10.7. The fourth-order valence-electron chi connectivity index (χ4n) is 2.45. The molecule has 1 aliphatic rings. The number of benzene rings is 2. The van der Waals surface area contributed by atoms with Crippen molar-refractivity contribution >= 4 is 11.6 Å². The van der Waals surface area contributed by atoms with Gasteiger partial charge in [-0.15, -0.1) is 11.6 Å². The zero-order valence-corrected chi connectivity index (χ0v) is 9.41. The fourth-order valence-corrected chi connectivity index (χ4v) is 2.73. The van der Waals surface area contributed by atoms with Crippen LogP contribution in [0.3, 0.4) is 0 Å². The van der Waals surface area contributed by atoms with E-state index in [-0.39, 0.29) is 5.88 Å². The summed E-state index contributed by atoms with van der Waals surface area (Å²) in [6.07, 6.45) is 0. The molecule has 2 heteroatoms. The molecule has 0 saturated carbocycles. The topological polar surface area (TPSA) is 20.2 Å². The molecule has 2 aromatic rings. The summed E-state index contributed by atoms with van der Waals surface area (Å²) in [5, 5.41) is 10.7. The smallest absolute Gasteiger partial charge is 0.129 e. The van der Waals surface area contributed by atoms with E-state index in [1.807, 2.05) is 48.5 Å². The van der Waals surface area contributed by atoms with E-state index >= 15 is 0 Å². The van der Waals surface area contributed by atoms with Gasteiger partial charge in [-0.1, -0.05) is 48.5 Å². The normalized spacial score (nSPS) is 15.6. The van der Waals surface area contributed by atoms with Gasteiger partial charge in [0, 0.05) is 0 Å². The molecule has 0 aromatic heterocycles. The van der Waals surface area contributed by atoms with Crippen molar-refractivity contribution in [3.8, 4) is 11.1 Å². The molecule has 0 bridgehead atoms. The highest BCUT2D eigenvalue weighted by Crippen LogP contribution is 2.47. The first-order valence-corrected chi connectivity index (χ1v) is 5.78. The predicted molar refractivity (Wildman–Crippen MR) is 65.6 cm³/mol. The quantitative estimate of drug-likeness (QED) is 0.747. The number of hydrogen-bond acceptors (Lipinski definition) is 1. The van der Waals surface area contributed by atoms with E-state index in [9.17, 15) is 5.11 Å². The van der Waals surface area contributed by atoms with Crippen LogP contribution in [-0.4, -0.2) is 11.0 Å². The van der Waals surface area contributed by atoms with Gasteiger partial charge in [-0.3, -0.25) is 0 Å². The molecular formula is C14H11ClO. The van der Waals surface area contributed by atoms with Gasteiger partial charge >= 0.3 is 0 Å². The molecule has 1 aliphatic carbocycles. The van der Waals surface area contributed by atoms with Crippen molar-refractivity contribution in [2.24, 2.45) is 0 Å². The summed E-state index contributed by atoms with van der Waals surface area (Å²) in [6.45, 7) is 0. The van der Waals surface area contributed by atoms with Gasteiger partial charge in [0.2, 0.25) is 0 Å². The van der Waals surface area contributed by atoms with Gasteiger partial charge in [-0.25, -0.2) is 0 Å². The van der Waals surface area contributed by atoms with Crippen LogP contribution in [0.25, 0.3) is 11.1 Å². The predicted octanol–water partition coefficient (Wildman–Crippen LogP) is 3.14. The Hall–Kier alpha value is -1.31. The summed E-state index contributed by atoms with van der Waals surface area (Å²) in [4.78, 5) is 0. The van der Waals surface area contributed by atoms with E-state index in [0.29, 0.717) is 0 Å². The Morgan fingerprint density at radius 2 is 1.31 bits per heavy atom. The molecule has 80 valence electrons. The second-order valence-electron chi connectivity index (χ2n) is 4.09. The standard InChI is InChI=1S/C14H11ClO/c15-9-14(16)12-7-3-1-5-10(12)11-6-2-4-8-13(11)14/h1-8,16H,9H2. The minimum absolute atomic E-state index is 0.182. The molecule has 3 rings (SSSR count). The molecule has 0 heterocycles. The lowest BCUT2D eigenvalue weighted by atomic mass is 9.94. The van der Waals surface area contributed by atoms with Crippen molar-refractivity contribution in [3.05, 3.63) is 59.7 Å². The molecule has 1 nitrogen and oxygen atoms in total.